The number of hydrogen-bond donors (Lipinski definition) is 0. The highest BCUT2D eigenvalue weighted by Gasteiger charge is 2.50. The van der Waals surface area contributed by atoms with Gasteiger partial charge in [0, 0.05) is 0 Å². The molecule has 136 valence electrons. The number of ether oxygens (including phenoxy) is 1. The van der Waals surface area contributed by atoms with Crippen molar-refractivity contribution in [3.05, 3.63) is 77.5 Å². The topological polar surface area (TPSA) is 69.6 Å². The second-order valence-electron chi connectivity index (χ2n) is 6.85. The highest BCUT2D eigenvalue weighted by atomic mass is 16.5. The van der Waals surface area contributed by atoms with Crippen LogP contribution in [0, 0.1) is 6.57 Å². The van der Waals surface area contributed by atoms with Gasteiger partial charge >= 0.3 is 0 Å². The van der Waals surface area contributed by atoms with Gasteiger partial charge in [-0.2, -0.15) is 9.61 Å². The van der Waals surface area contributed by atoms with Gasteiger partial charge in [-0.15, -0.1) is 10.2 Å². The molecule has 0 saturated heterocycles. The SMILES string of the molecule is [C-]#[N+]c1ccc(-c2cnn3c(C4(c5ccc(OC)cc5)CC4)nnc3n2)cc1. The monoisotopic (exact) mass is 368 g/mol. The molecule has 7 heteroatoms. The fourth-order valence-corrected chi connectivity index (χ4v) is 3.52. The van der Waals surface area contributed by atoms with E-state index < -0.39 is 0 Å². The molecule has 2 aromatic heterocycles. The van der Waals surface area contributed by atoms with Crippen molar-refractivity contribution < 1.29 is 4.74 Å². The summed E-state index contributed by atoms with van der Waals surface area (Å²) in [6.07, 6.45) is 3.72. The summed E-state index contributed by atoms with van der Waals surface area (Å²) >= 11 is 0. The van der Waals surface area contributed by atoms with E-state index in [0.29, 0.717) is 17.2 Å². The van der Waals surface area contributed by atoms with Gasteiger partial charge in [-0.1, -0.05) is 36.4 Å². The zero-order valence-electron chi connectivity index (χ0n) is 15.2. The molecular formula is C21H16N6O. The maximum absolute atomic E-state index is 7.06. The van der Waals surface area contributed by atoms with Crippen molar-refractivity contribution in [2.24, 2.45) is 0 Å². The lowest BCUT2D eigenvalue weighted by atomic mass is 9.95. The largest absolute Gasteiger partial charge is 0.497 e. The molecule has 0 amide bonds. The fourth-order valence-electron chi connectivity index (χ4n) is 3.52. The van der Waals surface area contributed by atoms with E-state index in [-0.39, 0.29) is 5.41 Å². The Kier molecular flexibility index (Phi) is 3.59. The Bertz CT molecular complexity index is 1200. The number of hydrogen-bond acceptors (Lipinski definition) is 5. The first-order chi connectivity index (χ1) is 13.7. The summed E-state index contributed by atoms with van der Waals surface area (Å²) in [6, 6.07) is 15.4. The quantitative estimate of drug-likeness (QED) is 0.512. The Hall–Kier alpha value is -3.79. The number of fused-ring (bicyclic) bond motifs is 1. The molecule has 0 N–H and O–H groups in total. The van der Waals surface area contributed by atoms with Gasteiger partial charge in [0.2, 0.25) is 0 Å². The van der Waals surface area contributed by atoms with Crippen molar-refractivity contribution in [2.75, 3.05) is 7.11 Å². The van der Waals surface area contributed by atoms with Crippen molar-refractivity contribution in [3.8, 4) is 17.0 Å². The molecule has 0 spiro atoms. The van der Waals surface area contributed by atoms with Crippen LogP contribution in [0.4, 0.5) is 5.69 Å². The Balaban J connectivity index is 1.53. The predicted octanol–water partition coefficient (Wildman–Crippen LogP) is 3.83. The van der Waals surface area contributed by atoms with Gasteiger partial charge in [-0.25, -0.2) is 9.83 Å². The second kappa shape index (κ2) is 6.13. The summed E-state index contributed by atoms with van der Waals surface area (Å²) in [5.41, 5.74) is 3.21. The van der Waals surface area contributed by atoms with E-state index in [4.69, 9.17) is 11.3 Å². The van der Waals surface area contributed by atoms with E-state index in [1.807, 2.05) is 24.3 Å². The van der Waals surface area contributed by atoms with Gasteiger partial charge in [0.1, 0.15) is 5.75 Å². The van der Waals surface area contributed by atoms with Crippen LogP contribution < -0.4 is 4.74 Å². The third kappa shape index (κ3) is 2.50. The van der Waals surface area contributed by atoms with Crippen LogP contribution in [0.15, 0.2) is 54.7 Å². The first-order valence-electron chi connectivity index (χ1n) is 8.95. The molecule has 1 aliphatic rings. The van der Waals surface area contributed by atoms with Gasteiger partial charge in [-0.3, -0.25) is 0 Å². The standard InChI is InChI=1S/C21H16N6O/c1-22-16-7-3-14(4-8-16)18-13-23-27-19(25-26-20(27)24-18)21(11-12-21)15-5-9-17(28-2)10-6-15/h3-10,13H,11-12H2,2H3. The van der Waals surface area contributed by atoms with Gasteiger partial charge in [-0.05, 0) is 36.1 Å². The molecule has 7 nitrogen and oxygen atoms in total. The minimum absolute atomic E-state index is 0.167. The molecule has 28 heavy (non-hydrogen) atoms. The molecule has 2 heterocycles. The molecule has 5 rings (SSSR count). The maximum atomic E-state index is 7.06. The van der Waals surface area contributed by atoms with E-state index in [2.05, 4.69) is 37.3 Å². The van der Waals surface area contributed by atoms with E-state index in [9.17, 15) is 0 Å². The van der Waals surface area contributed by atoms with Crippen LogP contribution in [0.2, 0.25) is 0 Å². The summed E-state index contributed by atoms with van der Waals surface area (Å²) in [5, 5.41) is 13.3. The predicted molar refractivity (Wildman–Crippen MR) is 103 cm³/mol. The van der Waals surface area contributed by atoms with E-state index in [0.717, 1.165) is 30.0 Å². The molecule has 1 aliphatic carbocycles. The molecule has 2 aromatic carbocycles. The molecule has 0 bridgehead atoms. The van der Waals surface area contributed by atoms with E-state index >= 15 is 0 Å². The smallest absolute Gasteiger partial charge is 0.272 e. The molecule has 0 atom stereocenters. The minimum Gasteiger partial charge on any atom is -0.497 e. The molecule has 4 aromatic rings. The van der Waals surface area contributed by atoms with Crippen LogP contribution in [-0.4, -0.2) is 31.9 Å². The van der Waals surface area contributed by atoms with Crippen LogP contribution in [0.1, 0.15) is 24.2 Å². The van der Waals surface area contributed by atoms with Crippen LogP contribution in [-0.2, 0) is 5.41 Å². The lowest BCUT2D eigenvalue weighted by Gasteiger charge is -2.13. The fraction of sp³-hybridized carbons (Fsp3) is 0.190. The number of nitrogens with zero attached hydrogens (tertiary/aromatic N) is 6. The lowest BCUT2D eigenvalue weighted by Crippen LogP contribution is -2.15. The lowest BCUT2D eigenvalue weighted by molar-refractivity contribution is 0.414. The number of benzene rings is 2. The van der Waals surface area contributed by atoms with Crippen molar-refractivity contribution in [1.82, 2.24) is 24.8 Å². The van der Waals surface area contributed by atoms with Gasteiger partial charge < -0.3 is 4.74 Å². The minimum atomic E-state index is -0.167. The summed E-state index contributed by atoms with van der Waals surface area (Å²) in [6.45, 7) is 7.06. The Labute approximate surface area is 161 Å². The first kappa shape index (κ1) is 16.4. The molecule has 1 saturated carbocycles. The average Bonchev–Trinajstić information content (AvgIpc) is 3.46. The average molecular weight is 368 g/mol. The van der Waals surface area contributed by atoms with Gasteiger partial charge in [0.25, 0.3) is 5.78 Å². The molecular weight excluding hydrogens is 352 g/mol. The molecule has 1 fully saturated rings. The zero-order chi connectivity index (χ0) is 19.1. The Morgan fingerprint density at radius 1 is 1.04 bits per heavy atom. The van der Waals surface area contributed by atoms with Crippen molar-refractivity contribution in [1.29, 1.82) is 0 Å². The molecule has 0 unspecified atom stereocenters. The van der Waals surface area contributed by atoms with Crippen LogP contribution >= 0.6 is 0 Å². The Morgan fingerprint density at radius 2 is 1.79 bits per heavy atom. The molecule has 0 radical (unpaired) electrons. The summed E-state index contributed by atoms with van der Waals surface area (Å²) in [5.74, 6) is 2.12. The Morgan fingerprint density at radius 3 is 2.43 bits per heavy atom. The normalized spacial score (nSPS) is 14.6. The van der Waals surface area contributed by atoms with Gasteiger partial charge in [0.15, 0.2) is 11.5 Å². The highest BCUT2D eigenvalue weighted by molar-refractivity contribution is 5.63. The zero-order valence-corrected chi connectivity index (χ0v) is 15.2. The highest BCUT2D eigenvalue weighted by Crippen LogP contribution is 2.52. The number of rotatable bonds is 4. The maximum Gasteiger partial charge on any atom is 0.272 e. The van der Waals surface area contributed by atoms with Gasteiger partial charge in [0.05, 0.1) is 31.0 Å². The van der Waals surface area contributed by atoms with Crippen molar-refractivity contribution in [3.63, 3.8) is 0 Å². The van der Waals surface area contributed by atoms with Crippen molar-refractivity contribution >= 4 is 11.5 Å². The summed E-state index contributed by atoms with van der Waals surface area (Å²) in [7, 11) is 1.66. The first-order valence-corrected chi connectivity index (χ1v) is 8.95. The summed E-state index contributed by atoms with van der Waals surface area (Å²) < 4.78 is 6.99. The third-order valence-electron chi connectivity index (χ3n) is 5.25. The number of methoxy groups -OCH3 is 1. The van der Waals surface area contributed by atoms with Crippen LogP contribution in [0.3, 0.4) is 0 Å². The third-order valence-corrected chi connectivity index (χ3v) is 5.25. The number of aromatic nitrogens is 5. The van der Waals surface area contributed by atoms with E-state index in [1.165, 1.54) is 5.56 Å². The van der Waals surface area contributed by atoms with Crippen LogP contribution in [0.5, 0.6) is 5.75 Å². The second-order valence-corrected chi connectivity index (χ2v) is 6.85. The van der Waals surface area contributed by atoms with Crippen molar-refractivity contribution in [2.45, 2.75) is 18.3 Å². The van der Waals surface area contributed by atoms with E-state index in [1.54, 1.807) is 30.0 Å². The molecule has 0 aliphatic heterocycles. The summed E-state index contributed by atoms with van der Waals surface area (Å²) in [4.78, 5) is 8.03. The van der Waals surface area contributed by atoms with Crippen LogP contribution in [0.25, 0.3) is 21.9 Å².